The van der Waals surface area contributed by atoms with Crippen molar-refractivity contribution in [1.29, 1.82) is 0 Å². The van der Waals surface area contributed by atoms with Gasteiger partial charge in [-0.3, -0.25) is 0 Å². The van der Waals surface area contributed by atoms with E-state index in [4.69, 9.17) is 0 Å². The summed E-state index contributed by atoms with van der Waals surface area (Å²) in [5, 5.41) is 2.42. The van der Waals surface area contributed by atoms with E-state index in [2.05, 4.69) is 32.9 Å². The average Bonchev–Trinajstić information content (AvgIpc) is 3.05. The lowest BCUT2D eigenvalue weighted by Crippen LogP contribution is -2.11. The normalized spacial score (nSPS) is 17.8. The Kier molecular flexibility index (Phi) is 2.19. The Labute approximate surface area is 106 Å². The number of H-pyrrole nitrogens is 1. The van der Waals surface area contributed by atoms with E-state index in [0.29, 0.717) is 6.04 Å². The van der Waals surface area contributed by atoms with Gasteiger partial charge in [-0.05, 0) is 25.0 Å². The van der Waals surface area contributed by atoms with Crippen LogP contribution in [0.15, 0.2) is 24.5 Å². The van der Waals surface area contributed by atoms with Crippen LogP contribution in [-0.4, -0.2) is 14.5 Å². The molecule has 91 valence electrons. The Balaban J connectivity index is 1.96. The van der Waals surface area contributed by atoms with E-state index in [1.54, 1.807) is 0 Å². The van der Waals surface area contributed by atoms with Gasteiger partial charge in [0.15, 0.2) is 0 Å². The minimum atomic E-state index is 0.622. The molecule has 1 saturated carbocycles. The predicted octanol–water partition coefficient (Wildman–Crippen LogP) is 3.82. The minimum Gasteiger partial charge on any atom is -0.346 e. The molecule has 1 aliphatic carbocycles. The first-order valence-corrected chi connectivity index (χ1v) is 6.78. The van der Waals surface area contributed by atoms with Crippen LogP contribution in [0, 0.1) is 6.20 Å². The molecule has 1 radical (unpaired) electrons. The van der Waals surface area contributed by atoms with Crippen LogP contribution in [0.2, 0.25) is 0 Å². The van der Waals surface area contributed by atoms with Gasteiger partial charge >= 0.3 is 0 Å². The molecule has 3 aromatic heterocycles. The lowest BCUT2D eigenvalue weighted by atomic mass is 9.95. The molecule has 4 rings (SSSR count). The quantitative estimate of drug-likeness (QED) is 0.687. The number of hydrogen-bond acceptors (Lipinski definition) is 1. The summed E-state index contributed by atoms with van der Waals surface area (Å²) in [6, 6.07) is 4.82. The van der Waals surface area contributed by atoms with Gasteiger partial charge in [-0.25, -0.2) is 4.98 Å². The van der Waals surface area contributed by atoms with Gasteiger partial charge < -0.3 is 9.55 Å². The van der Waals surface area contributed by atoms with Crippen LogP contribution >= 0.6 is 0 Å². The fourth-order valence-corrected chi connectivity index (χ4v) is 3.21. The first-order chi connectivity index (χ1) is 8.93. The first-order valence-electron chi connectivity index (χ1n) is 6.78. The van der Waals surface area contributed by atoms with Crippen LogP contribution in [-0.2, 0) is 0 Å². The number of fused-ring (bicyclic) bond motifs is 3. The molecule has 3 heterocycles. The minimum absolute atomic E-state index is 0.622. The summed E-state index contributed by atoms with van der Waals surface area (Å²) in [4.78, 5) is 7.63. The maximum atomic E-state index is 4.44. The topological polar surface area (TPSA) is 33.6 Å². The van der Waals surface area contributed by atoms with Gasteiger partial charge in [0.25, 0.3) is 0 Å². The number of rotatable bonds is 1. The Bertz CT molecular complexity index is 686. The molecule has 0 aromatic carbocycles. The lowest BCUT2D eigenvalue weighted by Gasteiger charge is -2.24. The fraction of sp³-hybridized carbons (Fsp3) is 0.400. The summed E-state index contributed by atoms with van der Waals surface area (Å²) in [5.74, 6) is 0. The van der Waals surface area contributed by atoms with Gasteiger partial charge in [0.05, 0.1) is 11.7 Å². The van der Waals surface area contributed by atoms with Crippen LogP contribution in [0.5, 0.6) is 0 Å². The van der Waals surface area contributed by atoms with Crippen LogP contribution in [0.25, 0.3) is 21.9 Å². The average molecular weight is 238 g/mol. The summed E-state index contributed by atoms with van der Waals surface area (Å²) >= 11 is 0. The summed E-state index contributed by atoms with van der Waals surface area (Å²) < 4.78 is 2.35. The van der Waals surface area contributed by atoms with Crippen LogP contribution in [0.4, 0.5) is 0 Å². The Morgan fingerprint density at radius 1 is 1.28 bits per heavy atom. The van der Waals surface area contributed by atoms with Gasteiger partial charge in [-0.2, -0.15) is 0 Å². The van der Waals surface area contributed by atoms with Gasteiger partial charge in [-0.1, -0.05) is 19.3 Å². The second-order valence-electron chi connectivity index (χ2n) is 5.24. The third-order valence-corrected chi connectivity index (χ3v) is 4.13. The van der Waals surface area contributed by atoms with Crippen LogP contribution in [0.1, 0.15) is 38.1 Å². The van der Waals surface area contributed by atoms with Crippen molar-refractivity contribution in [1.82, 2.24) is 14.5 Å². The maximum absolute atomic E-state index is 4.44. The highest BCUT2D eigenvalue weighted by Crippen LogP contribution is 2.33. The third-order valence-electron chi connectivity index (χ3n) is 4.13. The molecule has 1 N–H and O–H groups in total. The zero-order chi connectivity index (χ0) is 11.9. The molecule has 3 nitrogen and oxygen atoms in total. The van der Waals surface area contributed by atoms with E-state index >= 15 is 0 Å². The van der Waals surface area contributed by atoms with Crippen molar-refractivity contribution in [2.75, 3.05) is 0 Å². The smallest absolute Gasteiger partial charge is 0.139 e. The molecular weight excluding hydrogens is 222 g/mol. The lowest BCUT2D eigenvalue weighted by molar-refractivity contribution is 0.360. The molecule has 3 heteroatoms. The number of aromatic amines is 1. The predicted molar refractivity (Wildman–Crippen MR) is 72.5 cm³/mol. The Morgan fingerprint density at radius 3 is 3.06 bits per heavy atom. The molecule has 0 unspecified atom stereocenters. The van der Waals surface area contributed by atoms with Crippen molar-refractivity contribution >= 4 is 21.9 Å². The zero-order valence-electron chi connectivity index (χ0n) is 10.3. The monoisotopic (exact) mass is 238 g/mol. The van der Waals surface area contributed by atoms with E-state index < -0.39 is 0 Å². The van der Waals surface area contributed by atoms with Crippen molar-refractivity contribution < 1.29 is 0 Å². The van der Waals surface area contributed by atoms with E-state index in [-0.39, 0.29) is 0 Å². The van der Waals surface area contributed by atoms with Gasteiger partial charge in [-0.15, -0.1) is 0 Å². The molecular formula is C15H16N3. The highest BCUT2D eigenvalue weighted by Gasteiger charge is 2.18. The molecule has 1 aliphatic rings. The fourth-order valence-electron chi connectivity index (χ4n) is 3.21. The van der Waals surface area contributed by atoms with E-state index in [1.165, 1.54) is 48.4 Å². The second kappa shape index (κ2) is 3.87. The Hall–Kier alpha value is -1.77. The van der Waals surface area contributed by atoms with Crippen molar-refractivity contribution in [3.8, 4) is 0 Å². The number of nitrogens with zero attached hydrogens (tertiary/aromatic N) is 2. The number of nitrogens with one attached hydrogen (secondary N) is 1. The molecule has 0 spiro atoms. The summed E-state index contributed by atoms with van der Waals surface area (Å²) in [7, 11) is 0. The molecule has 0 amide bonds. The largest absolute Gasteiger partial charge is 0.346 e. The SMILES string of the molecule is [c]1cc2cnc3[nH]ccc3c2n1C1CCCCC1. The van der Waals surface area contributed by atoms with Crippen molar-refractivity contribution in [3.05, 3.63) is 30.7 Å². The molecule has 1 fully saturated rings. The Morgan fingerprint density at radius 2 is 2.17 bits per heavy atom. The van der Waals surface area contributed by atoms with Crippen molar-refractivity contribution in [3.63, 3.8) is 0 Å². The highest BCUT2D eigenvalue weighted by molar-refractivity contribution is 6.02. The number of aromatic nitrogens is 3. The zero-order valence-corrected chi connectivity index (χ0v) is 10.3. The van der Waals surface area contributed by atoms with E-state index in [9.17, 15) is 0 Å². The molecule has 0 saturated heterocycles. The van der Waals surface area contributed by atoms with E-state index in [0.717, 1.165) is 5.65 Å². The molecule has 18 heavy (non-hydrogen) atoms. The second-order valence-corrected chi connectivity index (χ2v) is 5.24. The van der Waals surface area contributed by atoms with Crippen LogP contribution < -0.4 is 0 Å². The first kappa shape index (κ1) is 10.2. The molecule has 0 aliphatic heterocycles. The highest BCUT2D eigenvalue weighted by atomic mass is 15.0. The summed E-state index contributed by atoms with van der Waals surface area (Å²) in [6.07, 6.45) is 14.0. The number of pyridine rings is 1. The summed E-state index contributed by atoms with van der Waals surface area (Å²) in [6.45, 7) is 0. The molecule has 3 aromatic rings. The van der Waals surface area contributed by atoms with Crippen LogP contribution in [0.3, 0.4) is 0 Å². The van der Waals surface area contributed by atoms with Gasteiger partial charge in [0, 0.05) is 29.2 Å². The third kappa shape index (κ3) is 1.40. The van der Waals surface area contributed by atoms with E-state index in [1.807, 2.05) is 12.4 Å². The van der Waals surface area contributed by atoms with Crippen molar-refractivity contribution in [2.24, 2.45) is 0 Å². The van der Waals surface area contributed by atoms with Crippen molar-refractivity contribution in [2.45, 2.75) is 38.1 Å². The standard InChI is InChI=1S/C15H16N3/c1-2-4-12(5-3-1)18-9-7-11-10-17-15-13(14(11)18)6-8-16-15/h6-8,10,12H,1-5H2,(H,16,17). The summed E-state index contributed by atoms with van der Waals surface area (Å²) in [5.41, 5.74) is 2.28. The molecule has 0 bridgehead atoms. The maximum Gasteiger partial charge on any atom is 0.139 e. The van der Waals surface area contributed by atoms with Gasteiger partial charge in [0.1, 0.15) is 5.65 Å². The number of hydrogen-bond donors (Lipinski definition) is 1. The van der Waals surface area contributed by atoms with Gasteiger partial charge in [0.2, 0.25) is 0 Å². The molecule has 0 atom stereocenters.